The lowest BCUT2D eigenvalue weighted by Crippen LogP contribution is -2.53. The Morgan fingerprint density at radius 1 is 1.03 bits per heavy atom. The molecule has 2 heterocycles. The largest absolute Gasteiger partial charge is 0.492 e. The van der Waals surface area contributed by atoms with Gasteiger partial charge >= 0.3 is 0 Å². The zero-order valence-corrected chi connectivity index (χ0v) is 21.2. The van der Waals surface area contributed by atoms with Gasteiger partial charge in [0.25, 0.3) is 0 Å². The number of nitrogens with zero attached hydrogens (tertiary/aromatic N) is 3. The number of ether oxygens (including phenoxy) is 2. The molecular weight excluding hydrogens is 515 g/mol. The molecule has 0 bridgehead atoms. The van der Waals surface area contributed by atoms with Crippen molar-refractivity contribution in [1.29, 1.82) is 0 Å². The van der Waals surface area contributed by atoms with Gasteiger partial charge in [-0.2, -0.15) is 0 Å². The van der Waals surface area contributed by atoms with Crippen LogP contribution in [-0.2, 0) is 4.74 Å². The number of benzene rings is 2. The van der Waals surface area contributed by atoms with Crippen LogP contribution in [0.1, 0.15) is 18.1 Å². The van der Waals surface area contributed by atoms with E-state index in [1.807, 2.05) is 37.4 Å². The molecule has 2 saturated heterocycles. The molecule has 0 spiro atoms. The first-order valence-electron chi connectivity index (χ1n) is 11.4. The summed E-state index contributed by atoms with van der Waals surface area (Å²) in [7, 11) is 1.88. The van der Waals surface area contributed by atoms with Crippen LogP contribution in [-0.4, -0.2) is 75.3 Å². The first-order chi connectivity index (χ1) is 15.3. The first kappa shape index (κ1) is 24.8. The van der Waals surface area contributed by atoms with Crippen molar-refractivity contribution in [2.24, 2.45) is 10.9 Å². The number of hydrogen-bond donors (Lipinski definition) is 1. The van der Waals surface area contributed by atoms with Crippen LogP contribution in [0.2, 0.25) is 0 Å². The second kappa shape index (κ2) is 13.0. The van der Waals surface area contributed by atoms with Crippen LogP contribution in [0, 0.1) is 5.92 Å². The molecule has 7 heteroatoms. The summed E-state index contributed by atoms with van der Waals surface area (Å²) in [5.41, 5.74) is 1.27. The number of nitrogens with one attached hydrogen (secondary N) is 1. The van der Waals surface area contributed by atoms with E-state index in [1.54, 1.807) is 0 Å². The molecule has 2 aromatic rings. The zero-order valence-electron chi connectivity index (χ0n) is 18.9. The number of hydrogen-bond acceptors (Lipinski definition) is 4. The van der Waals surface area contributed by atoms with Crippen molar-refractivity contribution in [3.63, 3.8) is 0 Å². The third kappa shape index (κ3) is 6.83. The van der Waals surface area contributed by atoms with Crippen molar-refractivity contribution in [2.75, 3.05) is 59.5 Å². The standard InChI is InChI=1S/C25H34N4O2.HI/c1-26-25(27-20-22-12-18-31-24(22)21-8-4-2-5-9-21)29-15-13-28(14-16-29)17-19-30-23-10-6-3-7-11-23;/h2-11,22,24H,12-20H2,1H3,(H,26,27);1H. The molecule has 32 heavy (non-hydrogen) atoms. The summed E-state index contributed by atoms with van der Waals surface area (Å²) in [5.74, 6) is 2.41. The van der Waals surface area contributed by atoms with E-state index in [0.717, 1.165) is 70.6 Å². The highest BCUT2D eigenvalue weighted by molar-refractivity contribution is 14.0. The Morgan fingerprint density at radius 2 is 1.72 bits per heavy atom. The van der Waals surface area contributed by atoms with Crippen molar-refractivity contribution in [1.82, 2.24) is 15.1 Å². The summed E-state index contributed by atoms with van der Waals surface area (Å²) in [6.45, 7) is 7.40. The smallest absolute Gasteiger partial charge is 0.193 e. The Kier molecular flexibility index (Phi) is 10.1. The van der Waals surface area contributed by atoms with Crippen molar-refractivity contribution in [2.45, 2.75) is 12.5 Å². The van der Waals surface area contributed by atoms with Gasteiger partial charge in [-0.25, -0.2) is 0 Å². The molecule has 4 rings (SSSR count). The van der Waals surface area contributed by atoms with E-state index in [4.69, 9.17) is 9.47 Å². The predicted molar refractivity (Wildman–Crippen MR) is 140 cm³/mol. The van der Waals surface area contributed by atoms with E-state index < -0.39 is 0 Å². The number of aliphatic imine (C=N–C) groups is 1. The molecule has 2 atom stereocenters. The highest BCUT2D eigenvalue weighted by Gasteiger charge is 2.30. The summed E-state index contributed by atoms with van der Waals surface area (Å²) in [6.07, 6.45) is 1.26. The topological polar surface area (TPSA) is 49.3 Å². The van der Waals surface area contributed by atoms with Crippen LogP contribution in [0.4, 0.5) is 0 Å². The van der Waals surface area contributed by atoms with Gasteiger partial charge in [-0.1, -0.05) is 48.5 Å². The van der Waals surface area contributed by atoms with Crippen LogP contribution >= 0.6 is 24.0 Å². The molecule has 2 aliphatic rings. The van der Waals surface area contributed by atoms with Gasteiger partial charge in [0, 0.05) is 58.8 Å². The Hall–Kier alpha value is -1.84. The molecule has 2 aromatic carbocycles. The Bertz CT molecular complexity index is 813. The van der Waals surface area contributed by atoms with Gasteiger partial charge in [0.2, 0.25) is 0 Å². The summed E-state index contributed by atoms with van der Waals surface area (Å²) in [4.78, 5) is 9.37. The SMILES string of the molecule is CN=C(NCC1CCOC1c1ccccc1)N1CCN(CCOc2ccccc2)CC1.I. The average molecular weight is 550 g/mol. The fraction of sp³-hybridized carbons (Fsp3) is 0.480. The quantitative estimate of drug-likeness (QED) is 0.324. The maximum absolute atomic E-state index is 6.03. The lowest BCUT2D eigenvalue weighted by molar-refractivity contribution is 0.0911. The fourth-order valence-corrected chi connectivity index (χ4v) is 4.40. The van der Waals surface area contributed by atoms with Gasteiger partial charge in [-0.15, -0.1) is 24.0 Å². The summed E-state index contributed by atoms with van der Waals surface area (Å²) in [6, 6.07) is 20.6. The van der Waals surface area contributed by atoms with Crippen LogP contribution in [0.5, 0.6) is 5.75 Å². The van der Waals surface area contributed by atoms with Crippen LogP contribution in [0.3, 0.4) is 0 Å². The normalized spacial score (nSPS) is 21.8. The van der Waals surface area contributed by atoms with Crippen LogP contribution in [0.15, 0.2) is 65.7 Å². The minimum absolute atomic E-state index is 0. The predicted octanol–water partition coefficient (Wildman–Crippen LogP) is 3.65. The lowest BCUT2D eigenvalue weighted by Gasteiger charge is -2.36. The Labute approximate surface area is 209 Å². The first-order valence-corrected chi connectivity index (χ1v) is 11.4. The molecule has 6 nitrogen and oxygen atoms in total. The molecule has 2 unspecified atom stereocenters. The van der Waals surface area contributed by atoms with Gasteiger partial charge < -0.3 is 19.7 Å². The molecule has 2 fully saturated rings. The number of halogens is 1. The van der Waals surface area contributed by atoms with Gasteiger partial charge in [0.1, 0.15) is 12.4 Å². The molecule has 0 amide bonds. The highest BCUT2D eigenvalue weighted by Crippen LogP contribution is 2.33. The van der Waals surface area contributed by atoms with Crippen molar-refractivity contribution in [3.05, 3.63) is 66.2 Å². The van der Waals surface area contributed by atoms with E-state index in [-0.39, 0.29) is 30.1 Å². The number of guanidine groups is 1. The molecule has 0 radical (unpaired) electrons. The second-order valence-electron chi connectivity index (χ2n) is 8.17. The third-order valence-corrected chi connectivity index (χ3v) is 6.17. The number of para-hydroxylation sites is 1. The van der Waals surface area contributed by atoms with Gasteiger partial charge in [0.15, 0.2) is 5.96 Å². The molecule has 0 saturated carbocycles. The summed E-state index contributed by atoms with van der Waals surface area (Å²) in [5, 5.41) is 3.61. The highest BCUT2D eigenvalue weighted by atomic mass is 127. The average Bonchev–Trinajstić information content (AvgIpc) is 3.30. The lowest BCUT2D eigenvalue weighted by atomic mass is 9.95. The fourth-order valence-electron chi connectivity index (χ4n) is 4.40. The summed E-state index contributed by atoms with van der Waals surface area (Å²) < 4.78 is 11.9. The minimum Gasteiger partial charge on any atom is -0.492 e. The van der Waals surface area contributed by atoms with Gasteiger partial charge in [-0.05, 0) is 24.1 Å². The Morgan fingerprint density at radius 3 is 2.41 bits per heavy atom. The van der Waals surface area contributed by atoms with Crippen molar-refractivity contribution in [3.8, 4) is 5.75 Å². The molecular formula is C25H35IN4O2. The van der Waals surface area contributed by atoms with E-state index in [0.29, 0.717) is 5.92 Å². The van der Waals surface area contributed by atoms with Crippen LogP contribution in [0.25, 0.3) is 0 Å². The number of piperazine rings is 1. The van der Waals surface area contributed by atoms with Gasteiger partial charge in [-0.3, -0.25) is 9.89 Å². The minimum atomic E-state index is 0. The van der Waals surface area contributed by atoms with Crippen molar-refractivity contribution >= 4 is 29.9 Å². The maximum Gasteiger partial charge on any atom is 0.193 e. The second-order valence-corrected chi connectivity index (χ2v) is 8.17. The van der Waals surface area contributed by atoms with E-state index in [2.05, 4.69) is 50.4 Å². The molecule has 0 aliphatic carbocycles. The van der Waals surface area contributed by atoms with Gasteiger partial charge in [0.05, 0.1) is 6.10 Å². The summed E-state index contributed by atoms with van der Waals surface area (Å²) >= 11 is 0. The van der Waals surface area contributed by atoms with Crippen molar-refractivity contribution < 1.29 is 9.47 Å². The molecule has 174 valence electrons. The van der Waals surface area contributed by atoms with E-state index in [9.17, 15) is 0 Å². The maximum atomic E-state index is 6.03. The molecule has 2 aliphatic heterocycles. The van der Waals surface area contributed by atoms with E-state index in [1.165, 1.54) is 5.56 Å². The molecule has 1 N–H and O–H groups in total. The van der Waals surface area contributed by atoms with E-state index >= 15 is 0 Å². The van der Waals surface area contributed by atoms with Crippen LogP contribution < -0.4 is 10.1 Å². The molecule has 0 aromatic heterocycles. The Balaban J connectivity index is 0.00000289. The monoisotopic (exact) mass is 550 g/mol. The number of rotatable bonds is 7. The zero-order chi connectivity index (χ0) is 21.3. The third-order valence-electron chi connectivity index (χ3n) is 6.17.